The third-order valence-electron chi connectivity index (χ3n) is 5.64. The normalized spacial score (nSPS) is 17.9. The number of nitrogens with zero attached hydrogens (tertiary/aromatic N) is 3. The van der Waals surface area contributed by atoms with Crippen molar-refractivity contribution in [2.24, 2.45) is 0 Å². The van der Waals surface area contributed by atoms with Gasteiger partial charge in [-0.25, -0.2) is 0 Å². The summed E-state index contributed by atoms with van der Waals surface area (Å²) in [5.74, 6) is 1.52. The Morgan fingerprint density at radius 2 is 1.97 bits per heavy atom. The smallest absolute Gasteiger partial charge is 0.257 e. The molecule has 1 fully saturated rings. The Bertz CT molecular complexity index is 1080. The van der Waals surface area contributed by atoms with Crippen LogP contribution in [0.4, 0.5) is 0 Å². The molecular formula is C23H22ClN3O3. The fourth-order valence-electron chi connectivity index (χ4n) is 4.15. The number of aromatic nitrogens is 2. The van der Waals surface area contributed by atoms with Crippen LogP contribution in [0.15, 0.2) is 54.9 Å². The van der Waals surface area contributed by atoms with Crippen LogP contribution in [0, 0.1) is 0 Å². The molecule has 0 saturated carbocycles. The van der Waals surface area contributed by atoms with Crippen LogP contribution in [0.5, 0.6) is 11.5 Å². The first-order valence-corrected chi connectivity index (χ1v) is 10.5. The Balaban J connectivity index is 1.34. The van der Waals surface area contributed by atoms with E-state index < -0.39 is 0 Å². The van der Waals surface area contributed by atoms with E-state index in [0.29, 0.717) is 30.3 Å². The Morgan fingerprint density at radius 1 is 1.13 bits per heavy atom. The molecule has 1 aromatic heterocycles. The molecule has 1 atom stereocenters. The van der Waals surface area contributed by atoms with Gasteiger partial charge in [-0.05, 0) is 42.2 Å². The summed E-state index contributed by atoms with van der Waals surface area (Å²) in [5, 5.41) is 5.07. The minimum Gasteiger partial charge on any atom is -0.486 e. The van der Waals surface area contributed by atoms with E-state index in [1.807, 2.05) is 47.4 Å². The molecule has 3 heterocycles. The zero-order valence-electron chi connectivity index (χ0n) is 16.5. The summed E-state index contributed by atoms with van der Waals surface area (Å²) in [6.45, 7) is 2.37. The Labute approximate surface area is 180 Å². The third-order valence-corrected chi connectivity index (χ3v) is 6.00. The van der Waals surface area contributed by atoms with E-state index in [0.717, 1.165) is 42.0 Å². The molecule has 2 aromatic carbocycles. The van der Waals surface area contributed by atoms with Gasteiger partial charge in [-0.3, -0.25) is 9.48 Å². The molecule has 2 aliphatic heterocycles. The second-order valence-corrected chi connectivity index (χ2v) is 7.98. The number of benzene rings is 2. The Kier molecular flexibility index (Phi) is 5.09. The largest absolute Gasteiger partial charge is 0.486 e. The minimum absolute atomic E-state index is 0.00204. The quantitative estimate of drug-likeness (QED) is 0.626. The van der Waals surface area contributed by atoms with Crippen molar-refractivity contribution in [1.82, 2.24) is 14.7 Å². The van der Waals surface area contributed by atoms with Crippen molar-refractivity contribution in [2.45, 2.75) is 25.4 Å². The van der Waals surface area contributed by atoms with Gasteiger partial charge in [0.25, 0.3) is 5.91 Å². The fraction of sp³-hybridized carbons (Fsp3) is 0.304. The molecule has 2 aliphatic rings. The van der Waals surface area contributed by atoms with Gasteiger partial charge in [0.1, 0.15) is 13.2 Å². The van der Waals surface area contributed by atoms with Crippen molar-refractivity contribution in [1.29, 1.82) is 0 Å². The molecule has 6 nitrogen and oxygen atoms in total. The van der Waals surface area contributed by atoms with E-state index in [-0.39, 0.29) is 11.9 Å². The van der Waals surface area contributed by atoms with Crippen LogP contribution in [0.1, 0.15) is 40.4 Å². The third kappa shape index (κ3) is 3.63. The first kappa shape index (κ1) is 19.0. The molecular weight excluding hydrogens is 402 g/mol. The SMILES string of the molecule is O=C(c1cnn(Cc2ccccc2Cl)c1)N1CCC[C@@H]1c1ccc2c(c1)OCCO2. The van der Waals surface area contributed by atoms with Crippen molar-refractivity contribution in [2.75, 3.05) is 19.8 Å². The first-order valence-electron chi connectivity index (χ1n) is 10.2. The maximum atomic E-state index is 13.2. The number of halogens is 1. The molecule has 3 aromatic rings. The highest BCUT2D eigenvalue weighted by Gasteiger charge is 2.32. The number of amides is 1. The van der Waals surface area contributed by atoms with Crippen LogP contribution >= 0.6 is 11.6 Å². The highest BCUT2D eigenvalue weighted by atomic mass is 35.5. The lowest BCUT2D eigenvalue weighted by molar-refractivity contribution is 0.0735. The molecule has 154 valence electrons. The highest BCUT2D eigenvalue weighted by Crippen LogP contribution is 2.38. The van der Waals surface area contributed by atoms with Crippen molar-refractivity contribution in [3.05, 3.63) is 76.6 Å². The summed E-state index contributed by atoms with van der Waals surface area (Å²) in [5.41, 5.74) is 2.64. The summed E-state index contributed by atoms with van der Waals surface area (Å²) in [6.07, 6.45) is 5.33. The minimum atomic E-state index is -0.00204. The van der Waals surface area contributed by atoms with Crippen LogP contribution in [-0.4, -0.2) is 40.3 Å². The summed E-state index contributed by atoms with van der Waals surface area (Å²) in [6, 6.07) is 13.7. The fourth-order valence-corrected chi connectivity index (χ4v) is 4.35. The zero-order chi connectivity index (χ0) is 20.5. The van der Waals surface area contributed by atoms with Gasteiger partial charge in [-0.1, -0.05) is 35.9 Å². The number of fused-ring (bicyclic) bond motifs is 1. The van der Waals surface area contributed by atoms with E-state index >= 15 is 0 Å². The maximum absolute atomic E-state index is 13.2. The average molecular weight is 424 g/mol. The van der Waals surface area contributed by atoms with Gasteiger partial charge >= 0.3 is 0 Å². The van der Waals surface area contributed by atoms with Crippen molar-refractivity contribution < 1.29 is 14.3 Å². The van der Waals surface area contributed by atoms with Crippen molar-refractivity contribution in [3.8, 4) is 11.5 Å². The number of carbonyl (C=O) groups excluding carboxylic acids is 1. The van der Waals surface area contributed by atoms with E-state index in [4.69, 9.17) is 21.1 Å². The Hall–Kier alpha value is -2.99. The topological polar surface area (TPSA) is 56.6 Å². The van der Waals surface area contributed by atoms with E-state index in [9.17, 15) is 4.79 Å². The molecule has 0 aliphatic carbocycles. The van der Waals surface area contributed by atoms with Gasteiger partial charge < -0.3 is 14.4 Å². The van der Waals surface area contributed by atoms with Crippen LogP contribution in [-0.2, 0) is 6.54 Å². The predicted molar refractivity (Wildman–Crippen MR) is 113 cm³/mol. The average Bonchev–Trinajstić information content (AvgIpc) is 3.44. The van der Waals surface area contributed by atoms with Crippen LogP contribution in [0.3, 0.4) is 0 Å². The van der Waals surface area contributed by atoms with Gasteiger partial charge in [0, 0.05) is 17.8 Å². The van der Waals surface area contributed by atoms with Gasteiger partial charge in [-0.2, -0.15) is 5.10 Å². The summed E-state index contributed by atoms with van der Waals surface area (Å²) in [4.78, 5) is 15.2. The molecule has 0 bridgehead atoms. The highest BCUT2D eigenvalue weighted by molar-refractivity contribution is 6.31. The van der Waals surface area contributed by atoms with E-state index in [1.165, 1.54) is 0 Å². The van der Waals surface area contributed by atoms with Crippen LogP contribution in [0.25, 0.3) is 0 Å². The van der Waals surface area contributed by atoms with Gasteiger partial charge in [-0.15, -0.1) is 0 Å². The molecule has 1 amide bonds. The van der Waals surface area contributed by atoms with E-state index in [2.05, 4.69) is 5.10 Å². The van der Waals surface area contributed by atoms with E-state index in [1.54, 1.807) is 17.1 Å². The summed E-state index contributed by atoms with van der Waals surface area (Å²) >= 11 is 6.25. The number of ether oxygens (including phenoxy) is 2. The maximum Gasteiger partial charge on any atom is 0.257 e. The van der Waals surface area contributed by atoms with Crippen molar-refractivity contribution >= 4 is 17.5 Å². The Morgan fingerprint density at radius 3 is 2.83 bits per heavy atom. The van der Waals surface area contributed by atoms with Crippen LogP contribution < -0.4 is 9.47 Å². The molecule has 0 N–H and O–H groups in total. The molecule has 0 radical (unpaired) electrons. The lowest BCUT2D eigenvalue weighted by Crippen LogP contribution is -2.30. The second-order valence-electron chi connectivity index (χ2n) is 7.58. The number of hydrogen-bond acceptors (Lipinski definition) is 4. The monoisotopic (exact) mass is 423 g/mol. The molecule has 5 rings (SSSR count). The summed E-state index contributed by atoms with van der Waals surface area (Å²) < 4.78 is 13.1. The van der Waals surface area contributed by atoms with Gasteiger partial charge in [0.05, 0.1) is 24.3 Å². The molecule has 30 heavy (non-hydrogen) atoms. The lowest BCUT2D eigenvalue weighted by atomic mass is 10.0. The lowest BCUT2D eigenvalue weighted by Gasteiger charge is -2.26. The number of carbonyl (C=O) groups is 1. The second kappa shape index (κ2) is 8.03. The molecule has 0 unspecified atom stereocenters. The first-order chi connectivity index (χ1) is 14.7. The number of likely N-dealkylation sites (tertiary alicyclic amines) is 1. The molecule has 0 spiro atoms. The number of hydrogen-bond donors (Lipinski definition) is 0. The zero-order valence-corrected chi connectivity index (χ0v) is 17.2. The molecule has 7 heteroatoms. The number of rotatable bonds is 4. The standard InChI is InChI=1S/C23H22ClN3O3/c24-19-5-2-1-4-17(19)14-26-15-18(13-25-26)23(28)27-9-3-6-20(27)16-7-8-21-22(12-16)30-11-10-29-21/h1-2,4-5,7-8,12-13,15,20H,3,6,9-11,14H2/t20-/m1/s1. The van der Waals surface area contributed by atoms with Gasteiger partial charge in [0.15, 0.2) is 11.5 Å². The van der Waals surface area contributed by atoms with Gasteiger partial charge in [0.2, 0.25) is 0 Å². The summed E-state index contributed by atoms with van der Waals surface area (Å²) in [7, 11) is 0. The molecule has 1 saturated heterocycles. The predicted octanol–water partition coefficient (Wildman–Crippen LogP) is 4.33. The van der Waals surface area contributed by atoms with Crippen LogP contribution in [0.2, 0.25) is 5.02 Å². The van der Waals surface area contributed by atoms with Crippen molar-refractivity contribution in [3.63, 3.8) is 0 Å².